The molecule has 11 heteroatoms. The van der Waals surface area contributed by atoms with Crippen LogP contribution in [0.4, 0.5) is 0 Å². The number of aliphatic hydroxyl groups is 1. The maximum atomic E-state index is 12.3. The molecule has 0 radical (unpaired) electrons. The summed E-state index contributed by atoms with van der Waals surface area (Å²) < 4.78 is 22.0. The predicted molar refractivity (Wildman–Crippen MR) is 167 cm³/mol. The standard InChI is InChI=1S/C32H39NO6.C2H2O4/c1-23(34)24-6-15-30(31(22-24)38-4)39-21-5-18-33-19-16-27(17-20-33)32(35,25-7-11-28(36-2)12-8-25)26-9-13-29(37-3)14-10-26;3-1(4)2(5)6/h6-15,22,27,35H,5,16-21H2,1-4H3;(H,3,4)(H,5,6). The van der Waals surface area contributed by atoms with Crippen molar-refractivity contribution in [1.29, 1.82) is 0 Å². The zero-order chi connectivity index (χ0) is 33.0. The maximum absolute atomic E-state index is 12.3. The van der Waals surface area contributed by atoms with Crippen LogP contribution in [0.5, 0.6) is 23.0 Å². The van der Waals surface area contributed by atoms with Gasteiger partial charge in [0.1, 0.15) is 17.1 Å². The molecular formula is C34H41NO10. The summed E-state index contributed by atoms with van der Waals surface area (Å²) >= 11 is 0. The number of Topliss-reactive ketones (excluding diaryl/α,β-unsaturated/α-hetero) is 1. The molecule has 0 aromatic heterocycles. The van der Waals surface area contributed by atoms with Crippen molar-refractivity contribution in [2.75, 3.05) is 47.6 Å². The molecule has 1 aliphatic heterocycles. The molecule has 1 saturated heterocycles. The first kappa shape index (κ1) is 34.9. The zero-order valence-electron chi connectivity index (χ0n) is 26.0. The average Bonchev–Trinajstić information content (AvgIpc) is 3.06. The van der Waals surface area contributed by atoms with Gasteiger partial charge in [0, 0.05) is 12.1 Å². The van der Waals surface area contributed by atoms with Crippen LogP contribution in [-0.4, -0.2) is 85.5 Å². The van der Waals surface area contributed by atoms with Crippen molar-refractivity contribution in [2.45, 2.75) is 31.8 Å². The summed E-state index contributed by atoms with van der Waals surface area (Å²) in [5.41, 5.74) is 1.22. The van der Waals surface area contributed by atoms with Crippen LogP contribution in [0.1, 0.15) is 47.7 Å². The number of ether oxygens (including phenoxy) is 4. The Balaban J connectivity index is 0.000000838. The van der Waals surface area contributed by atoms with E-state index >= 15 is 0 Å². The molecule has 0 saturated carbocycles. The SMILES string of the molecule is COc1ccc(C(O)(c2ccc(OC)cc2)C2CCN(CCCOc3ccc(C(C)=O)cc3OC)CC2)cc1.O=C(O)C(=O)O. The minimum atomic E-state index is -1.82. The third kappa shape index (κ3) is 9.19. The molecule has 45 heavy (non-hydrogen) atoms. The first-order valence-corrected chi connectivity index (χ1v) is 14.5. The van der Waals surface area contributed by atoms with E-state index in [1.165, 1.54) is 6.92 Å². The number of piperidine rings is 1. The summed E-state index contributed by atoms with van der Waals surface area (Å²) in [6, 6.07) is 20.7. The van der Waals surface area contributed by atoms with E-state index in [1.54, 1.807) is 39.5 Å². The quantitative estimate of drug-likeness (QED) is 0.149. The first-order valence-electron chi connectivity index (χ1n) is 14.5. The van der Waals surface area contributed by atoms with Gasteiger partial charge in [-0.2, -0.15) is 0 Å². The van der Waals surface area contributed by atoms with Crippen LogP contribution in [-0.2, 0) is 15.2 Å². The van der Waals surface area contributed by atoms with Crippen molar-refractivity contribution >= 4 is 17.7 Å². The van der Waals surface area contributed by atoms with Crippen molar-refractivity contribution in [3.63, 3.8) is 0 Å². The topological polar surface area (TPSA) is 152 Å². The molecule has 0 bridgehead atoms. The molecule has 0 spiro atoms. The largest absolute Gasteiger partial charge is 0.497 e. The second-order valence-corrected chi connectivity index (χ2v) is 10.6. The minimum Gasteiger partial charge on any atom is -0.497 e. The number of methoxy groups -OCH3 is 3. The second-order valence-electron chi connectivity index (χ2n) is 10.6. The van der Waals surface area contributed by atoms with Crippen LogP contribution in [0.25, 0.3) is 0 Å². The Morgan fingerprint density at radius 1 is 0.778 bits per heavy atom. The van der Waals surface area contributed by atoms with Gasteiger partial charge in [-0.05, 0) is 98.8 Å². The first-order chi connectivity index (χ1) is 21.5. The molecule has 4 rings (SSSR count). The lowest BCUT2D eigenvalue weighted by Crippen LogP contribution is -2.44. The van der Waals surface area contributed by atoms with Crippen LogP contribution >= 0.6 is 0 Å². The zero-order valence-corrected chi connectivity index (χ0v) is 26.0. The average molecular weight is 624 g/mol. The molecule has 1 heterocycles. The van der Waals surface area contributed by atoms with Gasteiger partial charge in [-0.1, -0.05) is 24.3 Å². The lowest BCUT2D eigenvalue weighted by molar-refractivity contribution is -0.159. The molecule has 3 aromatic carbocycles. The highest BCUT2D eigenvalue weighted by Crippen LogP contribution is 2.43. The Hall–Kier alpha value is -4.61. The number of carbonyl (C=O) groups excluding carboxylic acids is 1. The van der Waals surface area contributed by atoms with Crippen molar-refractivity contribution in [1.82, 2.24) is 4.90 Å². The smallest absolute Gasteiger partial charge is 0.414 e. The van der Waals surface area contributed by atoms with E-state index in [4.69, 9.17) is 38.7 Å². The van der Waals surface area contributed by atoms with Gasteiger partial charge in [-0.15, -0.1) is 0 Å². The van der Waals surface area contributed by atoms with E-state index < -0.39 is 17.5 Å². The molecule has 1 fully saturated rings. The number of likely N-dealkylation sites (tertiary alicyclic amines) is 1. The highest BCUT2D eigenvalue weighted by atomic mass is 16.5. The number of hydrogen-bond donors (Lipinski definition) is 3. The van der Waals surface area contributed by atoms with Crippen molar-refractivity contribution < 1.29 is 48.7 Å². The van der Waals surface area contributed by atoms with Gasteiger partial charge in [0.2, 0.25) is 0 Å². The highest BCUT2D eigenvalue weighted by molar-refractivity contribution is 6.27. The fraction of sp³-hybridized carbons (Fsp3) is 0.382. The summed E-state index contributed by atoms with van der Waals surface area (Å²) in [6.45, 7) is 4.79. The Labute approximate surface area is 262 Å². The van der Waals surface area contributed by atoms with E-state index in [0.717, 1.165) is 61.5 Å². The third-order valence-electron chi connectivity index (χ3n) is 7.87. The maximum Gasteiger partial charge on any atom is 0.414 e. The number of ketones is 1. The van der Waals surface area contributed by atoms with Gasteiger partial charge < -0.3 is 39.2 Å². The minimum absolute atomic E-state index is 0.00543. The molecular weight excluding hydrogens is 582 g/mol. The van der Waals surface area contributed by atoms with E-state index in [1.807, 2.05) is 48.5 Å². The molecule has 3 N–H and O–H groups in total. The molecule has 0 aliphatic carbocycles. The molecule has 0 atom stereocenters. The Kier molecular flexibility index (Phi) is 12.8. The molecule has 1 aliphatic rings. The Morgan fingerprint density at radius 2 is 1.29 bits per heavy atom. The summed E-state index contributed by atoms with van der Waals surface area (Å²) in [7, 11) is 4.87. The van der Waals surface area contributed by atoms with Gasteiger partial charge >= 0.3 is 11.9 Å². The Bertz CT molecular complexity index is 1350. The van der Waals surface area contributed by atoms with Crippen LogP contribution in [0, 0.1) is 5.92 Å². The normalized spacial score (nSPS) is 13.6. The summed E-state index contributed by atoms with van der Waals surface area (Å²) in [4.78, 5) is 32.3. The number of rotatable bonds is 12. The number of carbonyl (C=O) groups is 3. The van der Waals surface area contributed by atoms with E-state index in [9.17, 15) is 9.90 Å². The fourth-order valence-corrected chi connectivity index (χ4v) is 5.38. The van der Waals surface area contributed by atoms with Crippen molar-refractivity contribution in [3.05, 3.63) is 83.4 Å². The predicted octanol–water partition coefficient (Wildman–Crippen LogP) is 4.49. The number of carboxylic acid groups (broad SMARTS) is 2. The lowest BCUT2D eigenvalue weighted by Gasteiger charge is -2.42. The molecule has 11 nitrogen and oxygen atoms in total. The summed E-state index contributed by atoms with van der Waals surface area (Å²) in [6.07, 6.45) is 2.61. The van der Waals surface area contributed by atoms with Crippen LogP contribution in [0.15, 0.2) is 66.7 Å². The van der Waals surface area contributed by atoms with E-state index in [0.29, 0.717) is 23.7 Å². The third-order valence-corrected chi connectivity index (χ3v) is 7.87. The monoisotopic (exact) mass is 623 g/mol. The van der Waals surface area contributed by atoms with Crippen LogP contribution in [0.3, 0.4) is 0 Å². The highest BCUT2D eigenvalue weighted by Gasteiger charge is 2.41. The number of carboxylic acids is 2. The van der Waals surface area contributed by atoms with Gasteiger partial charge in [0.05, 0.1) is 27.9 Å². The number of hydrogen-bond acceptors (Lipinski definition) is 9. The summed E-state index contributed by atoms with van der Waals surface area (Å²) in [5, 5.41) is 27.1. The lowest BCUT2D eigenvalue weighted by atomic mass is 9.72. The van der Waals surface area contributed by atoms with Gasteiger partial charge in [-0.25, -0.2) is 9.59 Å². The molecule has 3 aromatic rings. The van der Waals surface area contributed by atoms with Crippen molar-refractivity contribution in [2.24, 2.45) is 5.92 Å². The van der Waals surface area contributed by atoms with Crippen molar-refractivity contribution in [3.8, 4) is 23.0 Å². The van der Waals surface area contributed by atoms with Crippen LogP contribution < -0.4 is 18.9 Å². The van der Waals surface area contributed by atoms with Crippen LogP contribution in [0.2, 0.25) is 0 Å². The fourth-order valence-electron chi connectivity index (χ4n) is 5.38. The number of nitrogens with zero attached hydrogens (tertiary/aromatic N) is 1. The molecule has 242 valence electrons. The Morgan fingerprint density at radius 3 is 1.71 bits per heavy atom. The van der Waals surface area contributed by atoms with E-state index in [2.05, 4.69) is 4.90 Å². The molecule has 0 unspecified atom stereocenters. The number of benzene rings is 3. The number of aliphatic carboxylic acids is 2. The summed E-state index contributed by atoms with van der Waals surface area (Å²) in [5.74, 6) is -0.847. The van der Waals surface area contributed by atoms with Gasteiger partial charge in [0.25, 0.3) is 0 Å². The van der Waals surface area contributed by atoms with Gasteiger partial charge in [0.15, 0.2) is 17.3 Å². The second kappa shape index (κ2) is 16.5. The molecule has 0 amide bonds. The van der Waals surface area contributed by atoms with Gasteiger partial charge in [-0.3, -0.25) is 4.79 Å². The van der Waals surface area contributed by atoms with E-state index in [-0.39, 0.29) is 11.7 Å².